The molecule has 1 amide bonds. The smallest absolute Gasteiger partial charge is 0.300 e. The maximum Gasteiger partial charge on any atom is 0.300 e. The number of nitrogens with zero attached hydrogens (tertiary/aromatic N) is 1. The van der Waals surface area contributed by atoms with Crippen molar-refractivity contribution >= 4 is 34.7 Å². The lowest BCUT2D eigenvalue weighted by Gasteiger charge is -2.24. The van der Waals surface area contributed by atoms with Crippen LogP contribution in [0.1, 0.15) is 23.1 Å². The van der Waals surface area contributed by atoms with Gasteiger partial charge in [0.05, 0.1) is 19.8 Å². The standard InChI is InChI=1S/C24H20ClNO6/c1-13-10-11-18(32-13)21-20(22(27)19-16(30-2)8-5-9-17(19)31-3)23(28)24(29)26(21)15-7-4-6-14(25)12-15/h4-12,21,27H,1-3H3/b22-20+. The Bertz CT molecular complexity index is 1220. The summed E-state index contributed by atoms with van der Waals surface area (Å²) < 4.78 is 16.5. The molecule has 32 heavy (non-hydrogen) atoms. The second kappa shape index (κ2) is 8.43. The van der Waals surface area contributed by atoms with Gasteiger partial charge in [0.15, 0.2) is 0 Å². The molecule has 2 aromatic carbocycles. The van der Waals surface area contributed by atoms with E-state index in [4.69, 9.17) is 25.5 Å². The number of halogens is 1. The van der Waals surface area contributed by atoms with Crippen molar-refractivity contribution in [1.82, 2.24) is 0 Å². The number of hydrogen-bond donors (Lipinski definition) is 1. The quantitative estimate of drug-likeness (QED) is 0.336. The molecule has 1 aliphatic heterocycles. The Hall–Kier alpha value is -3.71. The van der Waals surface area contributed by atoms with E-state index in [9.17, 15) is 14.7 Å². The fourth-order valence-corrected chi connectivity index (χ4v) is 4.00. The van der Waals surface area contributed by atoms with Crippen LogP contribution in [0.15, 0.2) is 64.6 Å². The zero-order valence-electron chi connectivity index (χ0n) is 17.6. The first kappa shape index (κ1) is 21.5. The Balaban J connectivity index is 2.01. The molecular weight excluding hydrogens is 434 g/mol. The van der Waals surface area contributed by atoms with Gasteiger partial charge < -0.3 is 19.0 Å². The molecule has 1 aliphatic rings. The van der Waals surface area contributed by atoms with Crippen LogP contribution in [0.3, 0.4) is 0 Å². The summed E-state index contributed by atoms with van der Waals surface area (Å²) in [5, 5.41) is 11.7. The van der Waals surface area contributed by atoms with E-state index in [0.717, 1.165) is 0 Å². The molecule has 0 aliphatic carbocycles. The van der Waals surface area contributed by atoms with Gasteiger partial charge in [-0.05, 0) is 49.4 Å². The molecule has 2 heterocycles. The van der Waals surface area contributed by atoms with E-state index in [1.165, 1.54) is 19.1 Å². The maximum atomic E-state index is 13.2. The number of hydrogen-bond acceptors (Lipinski definition) is 6. The second-order valence-electron chi connectivity index (χ2n) is 7.13. The predicted octanol–water partition coefficient (Wildman–Crippen LogP) is 4.88. The third kappa shape index (κ3) is 3.50. The Morgan fingerprint density at radius 3 is 2.25 bits per heavy atom. The van der Waals surface area contributed by atoms with Crippen LogP contribution >= 0.6 is 11.6 Å². The number of furan rings is 1. The summed E-state index contributed by atoms with van der Waals surface area (Å²) in [5.74, 6) is -0.642. The summed E-state index contributed by atoms with van der Waals surface area (Å²) in [7, 11) is 2.87. The number of aliphatic hydroxyl groups is 1. The van der Waals surface area contributed by atoms with Gasteiger partial charge in [0.25, 0.3) is 11.7 Å². The molecule has 0 radical (unpaired) electrons. The molecule has 0 bridgehead atoms. The van der Waals surface area contributed by atoms with Crippen molar-refractivity contribution in [2.24, 2.45) is 0 Å². The summed E-state index contributed by atoms with van der Waals surface area (Å²) in [4.78, 5) is 27.6. The Morgan fingerprint density at radius 1 is 1.03 bits per heavy atom. The van der Waals surface area contributed by atoms with Crippen LogP contribution in [-0.4, -0.2) is 31.0 Å². The molecule has 1 unspecified atom stereocenters. The number of rotatable bonds is 5. The van der Waals surface area contributed by atoms with Crippen LogP contribution in [0.25, 0.3) is 5.76 Å². The van der Waals surface area contributed by atoms with Crippen molar-refractivity contribution in [3.63, 3.8) is 0 Å². The molecule has 8 heteroatoms. The predicted molar refractivity (Wildman–Crippen MR) is 119 cm³/mol. The highest BCUT2D eigenvalue weighted by atomic mass is 35.5. The first-order valence-corrected chi connectivity index (χ1v) is 10.1. The van der Waals surface area contributed by atoms with E-state index in [1.54, 1.807) is 61.5 Å². The van der Waals surface area contributed by atoms with Crippen LogP contribution in [0.4, 0.5) is 5.69 Å². The molecule has 1 aromatic heterocycles. The summed E-state index contributed by atoms with van der Waals surface area (Å²) in [6.07, 6.45) is 0. The maximum absolute atomic E-state index is 13.2. The van der Waals surface area contributed by atoms with E-state index in [2.05, 4.69) is 0 Å². The van der Waals surface area contributed by atoms with E-state index < -0.39 is 23.5 Å². The molecule has 1 N–H and O–H groups in total. The lowest BCUT2D eigenvalue weighted by Crippen LogP contribution is -2.29. The lowest BCUT2D eigenvalue weighted by molar-refractivity contribution is -0.132. The highest BCUT2D eigenvalue weighted by Crippen LogP contribution is 2.45. The van der Waals surface area contributed by atoms with Crippen molar-refractivity contribution in [3.8, 4) is 11.5 Å². The van der Waals surface area contributed by atoms with Gasteiger partial charge in [-0.15, -0.1) is 0 Å². The zero-order chi connectivity index (χ0) is 23.0. The molecule has 164 valence electrons. The van der Waals surface area contributed by atoms with E-state index >= 15 is 0 Å². The number of aliphatic hydroxyl groups excluding tert-OH is 1. The van der Waals surface area contributed by atoms with Crippen LogP contribution in [0.2, 0.25) is 5.02 Å². The van der Waals surface area contributed by atoms with E-state index in [0.29, 0.717) is 22.2 Å². The first-order valence-electron chi connectivity index (χ1n) is 9.71. The topological polar surface area (TPSA) is 89.2 Å². The third-order valence-corrected chi connectivity index (χ3v) is 5.46. The van der Waals surface area contributed by atoms with Gasteiger partial charge in [-0.25, -0.2) is 0 Å². The average Bonchev–Trinajstić information content (AvgIpc) is 3.33. The zero-order valence-corrected chi connectivity index (χ0v) is 18.3. The molecule has 4 rings (SSSR count). The number of ketones is 1. The Morgan fingerprint density at radius 2 is 1.69 bits per heavy atom. The van der Waals surface area contributed by atoms with Gasteiger partial charge >= 0.3 is 0 Å². The second-order valence-corrected chi connectivity index (χ2v) is 7.57. The summed E-state index contributed by atoms with van der Waals surface area (Å²) in [6, 6.07) is 13.9. The molecule has 0 saturated carbocycles. The molecule has 1 saturated heterocycles. The number of methoxy groups -OCH3 is 2. The van der Waals surface area contributed by atoms with Gasteiger partial charge in [0.2, 0.25) is 0 Å². The number of ether oxygens (including phenoxy) is 2. The van der Waals surface area contributed by atoms with Gasteiger partial charge in [0, 0.05) is 10.7 Å². The monoisotopic (exact) mass is 453 g/mol. The highest BCUT2D eigenvalue weighted by molar-refractivity contribution is 6.51. The van der Waals surface area contributed by atoms with Gasteiger partial charge in [-0.3, -0.25) is 14.5 Å². The van der Waals surface area contributed by atoms with Crippen molar-refractivity contribution in [2.75, 3.05) is 19.1 Å². The van der Waals surface area contributed by atoms with E-state index in [-0.39, 0.29) is 22.6 Å². The SMILES string of the molecule is COc1cccc(OC)c1/C(O)=C1\C(=O)C(=O)N(c2cccc(Cl)c2)C1c1ccc(C)o1. The Kier molecular flexibility index (Phi) is 5.67. The molecule has 1 fully saturated rings. The lowest BCUT2D eigenvalue weighted by atomic mass is 9.98. The Labute approximate surface area is 189 Å². The minimum absolute atomic E-state index is 0.146. The van der Waals surface area contributed by atoms with Crippen molar-refractivity contribution in [3.05, 3.63) is 82.3 Å². The number of amides is 1. The van der Waals surface area contributed by atoms with Crippen LogP contribution in [-0.2, 0) is 9.59 Å². The molecule has 0 spiro atoms. The van der Waals surface area contributed by atoms with Gasteiger partial charge in [-0.1, -0.05) is 23.7 Å². The first-order chi connectivity index (χ1) is 15.4. The summed E-state index contributed by atoms with van der Waals surface area (Å²) in [5.41, 5.74) is 0.409. The minimum atomic E-state index is -1.02. The number of anilines is 1. The molecule has 3 aromatic rings. The van der Waals surface area contributed by atoms with Crippen LogP contribution in [0.5, 0.6) is 11.5 Å². The minimum Gasteiger partial charge on any atom is -0.506 e. The molecule has 1 atom stereocenters. The third-order valence-electron chi connectivity index (χ3n) is 5.23. The highest BCUT2D eigenvalue weighted by Gasteiger charge is 2.49. The average molecular weight is 454 g/mol. The van der Waals surface area contributed by atoms with Gasteiger partial charge in [-0.2, -0.15) is 0 Å². The summed E-state index contributed by atoms with van der Waals surface area (Å²) >= 11 is 6.14. The van der Waals surface area contributed by atoms with E-state index in [1.807, 2.05) is 0 Å². The number of Topliss-reactive ketones (excluding diaryl/α,β-unsaturated/α-hetero) is 1. The number of carbonyl (C=O) groups excluding carboxylic acids is 2. The van der Waals surface area contributed by atoms with Crippen molar-refractivity contribution < 1.29 is 28.6 Å². The molecular formula is C24H20ClNO6. The number of aryl methyl sites for hydroxylation is 1. The molecule has 7 nitrogen and oxygen atoms in total. The fourth-order valence-electron chi connectivity index (χ4n) is 3.81. The van der Waals surface area contributed by atoms with Crippen LogP contribution in [0, 0.1) is 6.92 Å². The largest absolute Gasteiger partial charge is 0.506 e. The van der Waals surface area contributed by atoms with Crippen molar-refractivity contribution in [1.29, 1.82) is 0 Å². The fraction of sp³-hybridized carbons (Fsp3) is 0.167. The van der Waals surface area contributed by atoms with Crippen molar-refractivity contribution in [2.45, 2.75) is 13.0 Å². The summed E-state index contributed by atoms with van der Waals surface area (Å²) in [6.45, 7) is 1.75. The normalized spacial score (nSPS) is 17.6. The number of carbonyl (C=O) groups is 2. The van der Waals surface area contributed by atoms with Gasteiger partial charge in [0.1, 0.15) is 40.4 Å². The number of benzene rings is 2. The van der Waals surface area contributed by atoms with Crippen LogP contribution < -0.4 is 14.4 Å².